The van der Waals surface area contributed by atoms with E-state index >= 15 is 0 Å². The van der Waals surface area contributed by atoms with Crippen molar-refractivity contribution in [2.75, 3.05) is 40.3 Å². The molecule has 1 aliphatic rings. The van der Waals surface area contributed by atoms with Gasteiger partial charge in [-0.15, -0.1) is 0 Å². The smallest absolute Gasteiger partial charge is 0.246 e. The minimum Gasteiger partial charge on any atom is -0.496 e. The van der Waals surface area contributed by atoms with Crippen LogP contribution in [0.5, 0.6) is 5.75 Å². The summed E-state index contributed by atoms with van der Waals surface area (Å²) >= 11 is 0. The number of amides is 1. The average Bonchev–Trinajstić information content (AvgIpc) is 3.28. The number of carbonyl (C=O) groups is 1. The van der Waals surface area contributed by atoms with Gasteiger partial charge in [-0.05, 0) is 54.9 Å². The number of nitrogens with zero attached hydrogens (tertiary/aromatic N) is 2. The van der Waals surface area contributed by atoms with E-state index in [1.807, 2.05) is 25.0 Å². The lowest BCUT2D eigenvalue weighted by Crippen LogP contribution is -2.46. The van der Waals surface area contributed by atoms with Crippen molar-refractivity contribution in [3.05, 3.63) is 72.0 Å². The molecule has 5 heteroatoms. The summed E-state index contributed by atoms with van der Waals surface area (Å²) in [5.74, 6) is 0.791. The van der Waals surface area contributed by atoms with Gasteiger partial charge >= 0.3 is 0 Å². The monoisotopic (exact) mass is 454 g/mol. The number of hydrogen-bond acceptors (Lipinski definition) is 4. The van der Waals surface area contributed by atoms with Crippen molar-refractivity contribution >= 4 is 33.2 Å². The normalized spacial score (nSPS) is 15.3. The van der Waals surface area contributed by atoms with Crippen molar-refractivity contribution in [2.24, 2.45) is 0 Å². The Hall–Kier alpha value is -3.57. The molecule has 0 N–H and O–H groups in total. The topological polar surface area (TPSA) is 45.9 Å². The highest BCUT2D eigenvalue weighted by Gasteiger charge is 2.21. The van der Waals surface area contributed by atoms with E-state index in [2.05, 4.69) is 60.5 Å². The van der Waals surface area contributed by atoms with Gasteiger partial charge in [0.25, 0.3) is 0 Å². The maximum atomic E-state index is 13.0. The summed E-state index contributed by atoms with van der Waals surface area (Å²) in [6.07, 6.45) is 3.56. The molecule has 4 aromatic rings. The lowest BCUT2D eigenvalue weighted by molar-refractivity contribution is -0.127. The summed E-state index contributed by atoms with van der Waals surface area (Å²) in [6, 6.07) is 16.9. The van der Waals surface area contributed by atoms with E-state index in [9.17, 15) is 4.79 Å². The molecule has 0 bridgehead atoms. The standard InChI is InChI=1S/C29H30N2O3/c1-19(15-27(32)31-13-11-30(3)12-14-31)24-17-25-26(18-34-29(25)20(2)28(24)33-4)23-10-9-21-7-5-6-8-22(21)16-23/h5-10,15-18H,11-14H2,1-4H3/b19-15+. The largest absolute Gasteiger partial charge is 0.496 e. The van der Waals surface area contributed by atoms with E-state index in [4.69, 9.17) is 9.15 Å². The molecule has 0 saturated carbocycles. The van der Waals surface area contributed by atoms with Gasteiger partial charge in [-0.3, -0.25) is 4.79 Å². The summed E-state index contributed by atoms with van der Waals surface area (Å²) in [7, 11) is 3.75. The van der Waals surface area contributed by atoms with Crippen molar-refractivity contribution in [2.45, 2.75) is 13.8 Å². The third-order valence-corrected chi connectivity index (χ3v) is 6.89. The van der Waals surface area contributed by atoms with Gasteiger partial charge in [0, 0.05) is 54.3 Å². The zero-order chi connectivity index (χ0) is 23.8. The maximum Gasteiger partial charge on any atom is 0.246 e. The van der Waals surface area contributed by atoms with Gasteiger partial charge in [0.2, 0.25) is 5.91 Å². The van der Waals surface area contributed by atoms with Gasteiger partial charge in [0.15, 0.2) is 0 Å². The Kier molecular flexibility index (Phi) is 5.88. The first-order chi connectivity index (χ1) is 16.5. The first kappa shape index (κ1) is 22.2. The Labute approximate surface area is 200 Å². The van der Waals surface area contributed by atoms with E-state index in [1.165, 1.54) is 10.8 Å². The number of rotatable bonds is 4. The Balaban J connectivity index is 1.58. The van der Waals surface area contributed by atoms with Crippen molar-refractivity contribution in [3.8, 4) is 16.9 Å². The molecule has 1 aliphatic heterocycles. The van der Waals surface area contributed by atoms with Crippen molar-refractivity contribution < 1.29 is 13.9 Å². The molecule has 2 heterocycles. The molecule has 3 aromatic carbocycles. The number of furan rings is 1. The van der Waals surface area contributed by atoms with Crippen LogP contribution in [0.4, 0.5) is 0 Å². The number of allylic oxidation sites excluding steroid dienone is 1. The molecule has 0 unspecified atom stereocenters. The summed E-state index contributed by atoms with van der Waals surface area (Å²) < 4.78 is 11.8. The lowest BCUT2D eigenvalue weighted by atomic mass is 9.95. The number of carbonyl (C=O) groups excluding carboxylic acids is 1. The van der Waals surface area contributed by atoms with E-state index < -0.39 is 0 Å². The Morgan fingerprint density at radius 3 is 2.50 bits per heavy atom. The average molecular weight is 455 g/mol. The number of piperazine rings is 1. The molecule has 0 aliphatic carbocycles. The van der Waals surface area contributed by atoms with Crippen molar-refractivity contribution in [3.63, 3.8) is 0 Å². The second-order valence-corrected chi connectivity index (χ2v) is 9.13. The molecule has 0 radical (unpaired) electrons. The highest BCUT2D eigenvalue weighted by molar-refractivity contribution is 6.02. The van der Waals surface area contributed by atoms with Crippen LogP contribution in [0.2, 0.25) is 0 Å². The van der Waals surface area contributed by atoms with Crippen LogP contribution in [0.1, 0.15) is 18.1 Å². The first-order valence-corrected chi connectivity index (χ1v) is 11.7. The zero-order valence-electron chi connectivity index (χ0n) is 20.2. The van der Waals surface area contributed by atoms with Gasteiger partial charge in [-0.1, -0.05) is 36.4 Å². The van der Waals surface area contributed by atoms with Crippen LogP contribution < -0.4 is 4.74 Å². The molecule has 0 spiro atoms. The number of aryl methyl sites for hydroxylation is 1. The zero-order valence-corrected chi connectivity index (χ0v) is 20.2. The molecule has 1 aromatic heterocycles. The summed E-state index contributed by atoms with van der Waals surface area (Å²) in [6.45, 7) is 7.29. The fourth-order valence-corrected chi connectivity index (χ4v) is 4.83. The van der Waals surface area contributed by atoms with Crippen LogP contribution in [0.25, 0.3) is 38.4 Å². The van der Waals surface area contributed by atoms with Gasteiger partial charge < -0.3 is 19.0 Å². The van der Waals surface area contributed by atoms with Gasteiger partial charge in [-0.2, -0.15) is 0 Å². The molecule has 0 atom stereocenters. The highest BCUT2D eigenvalue weighted by Crippen LogP contribution is 2.41. The third kappa shape index (κ3) is 3.97. The summed E-state index contributed by atoms with van der Waals surface area (Å²) in [5, 5.41) is 3.41. The van der Waals surface area contributed by atoms with E-state index in [-0.39, 0.29) is 5.91 Å². The van der Waals surface area contributed by atoms with Crippen LogP contribution >= 0.6 is 0 Å². The van der Waals surface area contributed by atoms with Crippen LogP contribution in [-0.2, 0) is 4.79 Å². The van der Waals surface area contributed by atoms with Crippen LogP contribution in [-0.4, -0.2) is 56.0 Å². The fourth-order valence-electron chi connectivity index (χ4n) is 4.83. The van der Waals surface area contributed by atoms with E-state index in [1.54, 1.807) is 13.2 Å². The molecular weight excluding hydrogens is 424 g/mol. The van der Waals surface area contributed by atoms with Crippen LogP contribution in [0.3, 0.4) is 0 Å². The molecule has 34 heavy (non-hydrogen) atoms. The SMILES string of the molecule is COc1c(/C(C)=C/C(=O)N2CCN(C)CC2)cc2c(-c3ccc4ccccc4c3)coc2c1C. The number of hydrogen-bond donors (Lipinski definition) is 0. The van der Waals surface area contributed by atoms with E-state index in [0.29, 0.717) is 0 Å². The Morgan fingerprint density at radius 1 is 1.03 bits per heavy atom. The lowest BCUT2D eigenvalue weighted by Gasteiger charge is -2.31. The van der Waals surface area contributed by atoms with Crippen molar-refractivity contribution in [1.82, 2.24) is 9.80 Å². The molecule has 174 valence electrons. The van der Waals surface area contributed by atoms with Gasteiger partial charge in [-0.25, -0.2) is 0 Å². The quantitative estimate of drug-likeness (QED) is 0.369. The number of likely N-dealkylation sites (N-methyl/N-ethyl adjacent to an activating group) is 1. The number of ether oxygens (including phenoxy) is 1. The maximum absolute atomic E-state index is 13.0. The summed E-state index contributed by atoms with van der Waals surface area (Å²) in [5.41, 5.74) is 5.67. The second-order valence-electron chi connectivity index (χ2n) is 9.13. The van der Waals surface area contributed by atoms with E-state index in [0.717, 1.165) is 70.7 Å². The number of benzene rings is 3. The van der Waals surface area contributed by atoms with Crippen LogP contribution in [0.15, 0.2) is 65.3 Å². The Morgan fingerprint density at radius 2 is 1.76 bits per heavy atom. The summed E-state index contributed by atoms with van der Waals surface area (Å²) in [4.78, 5) is 17.1. The molecule has 1 saturated heterocycles. The second kappa shape index (κ2) is 8.99. The highest BCUT2D eigenvalue weighted by atomic mass is 16.5. The Bertz CT molecular complexity index is 1410. The number of fused-ring (bicyclic) bond motifs is 2. The van der Waals surface area contributed by atoms with Crippen LogP contribution in [0, 0.1) is 6.92 Å². The molecule has 1 fully saturated rings. The minimum atomic E-state index is 0.0485. The predicted molar refractivity (Wildman–Crippen MR) is 138 cm³/mol. The van der Waals surface area contributed by atoms with Gasteiger partial charge in [0.1, 0.15) is 11.3 Å². The van der Waals surface area contributed by atoms with Crippen molar-refractivity contribution in [1.29, 1.82) is 0 Å². The fraction of sp³-hybridized carbons (Fsp3) is 0.276. The minimum absolute atomic E-state index is 0.0485. The molecular formula is C29H30N2O3. The molecule has 5 nitrogen and oxygen atoms in total. The van der Waals surface area contributed by atoms with Gasteiger partial charge in [0.05, 0.1) is 13.4 Å². The third-order valence-electron chi connectivity index (χ3n) is 6.89. The first-order valence-electron chi connectivity index (χ1n) is 11.7. The molecule has 5 rings (SSSR count). The predicted octanol–water partition coefficient (Wildman–Crippen LogP) is 5.75. The number of methoxy groups -OCH3 is 1. The molecule has 1 amide bonds.